The van der Waals surface area contributed by atoms with Gasteiger partial charge in [-0.25, -0.2) is 0 Å². The summed E-state index contributed by atoms with van der Waals surface area (Å²) in [5.74, 6) is 0. The van der Waals surface area contributed by atoms with E-state index in [1.807, 2.05) is 12.4 Å². The summed E-state index contributed by atoms with van der Waals surface area (Å²) in [4.78, 5) is 9.34. The lowest BCUT2D eigenvalue weighted by Crippen LogP contribution is -2.51. The number of pyridine rings is 1. The number of likely N-dealkylation sites (N-methyl/N-ethyl adjacent to an activating group) is 1. The van der Waals surface area contributed by atoms with E-state index in [0.29, 0.717) is 6.04 Å². The Kier molecular flexibility index (Phi) is 4.22. The highest BCUT2D eigenvalue weighted by Crippen LogP contribution is 2.25. The number of hydrogen-bond donors (Lipinski definition) is 1. The van der Waals surface area contributed by atoms with Gasteiger partial charge < -0.3 is 10.2 Å². The fourth-order valence-corrected chi connectivity index (χ4v) is 3.01. The molecule has 1 aliphatic heterocycles. The van der Waals surface area contributed by atoms with Crippen molar-refractivity contribution in [3.05, 3.63) is 24.0 Å². The van der Waals surface area contributed by atoms with E-state index in [-0.39, 0.29) is 0 Å². The molecule has 1 N–H and O–H groups in total. The van der Waals surface area contributed by atoms with Crippen LogP contribution < -0.4 is 10.2 Å². The van der Waals surface area contributed by atoms with Gasteiger partial charge in [0.2, 0.25) is 0 Å². The van der Waals surface area contributed by atoms with E-state index in [1.54, 1.807) is 0 Å². The number of nitrogens with one attached hydrogen (secondary N) is 1. The van der Waals surface area contributed by atoms with Gasteiger partial charge in [-0.15, -0.1) is 0 Å². The third-order valence-electron chi connectivity index (χ3n) is 4.63. The number of rotatable bonds is 5. The fraction of sp³-hybridized carbons (Fsp3) is 0.688. The van der Waals surface area contributed by atoms with Gasteiger partial charge >= 0.3 is 0 Å². The second-order valence-corrected chi connectivity index (χ2v) is 6.15. The number of anilines is 1. The van der Waals surface area contributed by atoms with E-state index >= 15 is 0 Å². The third-order valence-corrected chi connectivity index (χ3v) is 4.63. The zero-order valence-electron chi connectivity index (χ0n) is 12.7. The van der Waals surface area contributed by atoms with Gasteiger partial charge in [0.05, 0.1) is 0 Å². The van der Waals surface area contributed by atoms with Crippen LogP contribution in [-0.2, 0) is 6.54 Å². The number of hydrogen-bond acceptors (Lipinski definition) is 4. The van der Waals surface area contributed by atoms with Crippen molar-refractivity contribution in [1.29, 1.82) is 0 Å². The van der Waals surface area contributed by atoms with Crippen molar-refractivity contribution in [2.24, 2.45) is 0 Å². The molecule has 0 bridgehead atoms. The summed E-state index contributed by atoms with van der Waals surface area (Å²) in [5, 5.41) is 3.61. The Labute approximate surface area is 122 Å². The third kappa shape index (κ3) is 3.13. The largest absolute Gasteiger partial charge is 0.368 e. The number of nitrogens with zero attached hydrogens (tertiary/aromatic N) is 3. The van der Waals surface area contributed by atoms with Gasteiger partial charge in [-0.2, -0.15) is 0 Å². The molecule has 1 saturated carbocycles. The predicted molar refractivity (Wildman–Crippen MR) is 83.0 cm³/mol. The molecule has 2 fully saturated rings. The molecule has 1 aromatic heterocycles. The normalized spacial score (nSPS) is 24.1. The summed E-state index contributed by atoms with van der Waals surface area (Å²) < 4.78 is 0. The van der Waals surface area contributed by atoms with Crippen molar-refractivity contribution in [2.45, 2.75) is 44.8 Å². The van der Waals surface area contributed by atoms with Gasteiger partial charge in [0, 0.05) is 61.9 Å². The predicted octanol–water partition coefficient (Wildman–Crippen LogP) is 1.86. The molecule has 4 nitrogen and oxygen atoms in total. The van der Waals surface area contributed by atoms with Crippen molar-refractivity contribution in [1.82, 2.24) is 15.2 Å². The fourth-order valence-electron chi connectivity index (χ4n) is 3.01. The molecule has 0 amide bonds. The molecule has 1 atom stereocenters. The minimum absolute atomic E-state index is 0.668. The molecule has 1 aromatic rings. The molecule has 0 radical (unpaired) electrons. The maximum atomic E-state index is 4.32. The lowest BCUT2D eigenvalue weighted by atomic mass is 10.1. The van der Waals surface area contributed by atoms with Crippen LogP contribution in [0, 0.1) is 0 Å². The summed E-state index contributed by atoms with van der Waals surface area (Å²) in [6.45, 7) is 6.64. The minimum atomic E-state index is 0.668. The molecule has 0 aromatic carbocycles. The van der Waals surface area contributed by atoms with Gasteiger partial charge in [0.25, 0.3) is 0 Å². The first-order valence-electron chi connectivity index (χ1n) is 7.89. The molecule has 1 aliphatic carbocycles. The van der Waals surface area contributed by atoms with Crippen molar-refractivity contribution >= 4 is 5.69 Å². The van der Waals surface area contributed by atoms with Crippen molar-refractivity contribution in [3.8, 4) is 0 Å². The highest BCUT2D eigenvalue weighted by atomic mass is 15.3. The van der Waals surface area contributed by atoms with Gasteiger partial charge in [0.15, 0.2) is 0 Å². The van der Waals surface area contributed by atoms with Crippen LogP contribution in [0.4, 0.5) is 5.69 Å². The van der Waals surface area contributed by atoms with Crippen molar-refractivity contribution in [3.63, 3.8) is 0 Å². The highest BCUT2D eigenvalue weighted by Gasteiger charge is 2.25. The Morgan fingerprint density at radius 1 is 1.35 bits per heavy atom. The molecule has 20 heavy (non-hydrogen) atoms. The molecule has 0 spiro atoms. The zero-order valence-corrected chi connectivity index (χ0v) is 12.7. The monoisotopic (exact) mass is 274 g/mol. The van der Waals surface area contributed by atoms with Crippen LogP contribution in [0.25, 0.3) is 0 Å². The minimum Gasteiger partial charge on any atom is -0.368 e. The van der Waals surface area contributed by atoms with E-state index < -0.39 is 0 Å². The van der Waals surface area contributed by atoms with Crippen LogP contribution in [0.15, 0.2) is 18.5 Å². The SMILES string of the molecule is CCC1CN(c2ccncc2CNC2CC2)CCN1C. The molecule has 2 heterocycles. The van der Waals surface area contributed by atoms with Crippen LogP contribution >= 0.6 is 0 Å². The molecule has 2 aliphatic rings. The van der Waals surface area contributed by atoms with Crippen LogP contribution in [0.3, 0.4) is 0 Å². The molecule has 3 rings (SSSR count). The number of piperazine rings is 1. The zero-order chi connectivity index (χ0) is 13.9. The lowest BCUT2D eigenvalue weighted by molar-refractivity contribution is 0.213. The van der Waals surface area contributed by atoms with Gasteiger partial charge in [-0.05, 0) is 32.4 Å². The topological polar surface area (TPSA) is 31.4 Å². The quantitative estimate of drug-likeness (QED) is 0.888. The summed E-state index contributed by atoms with van der Waals surface area (Å²) in [7, 11) is 2.24. The Morgan fingerprint density at radius 3 is 2.95 bits per heavy atom. The van der Waals surface area contributed by atoms with Crippen molar-refractivity contribution < 1.29 is 0 Å². The molecular formula is C16H26N4. The second-order valence-electron chi connectivity index (χ2n) is 6.15. The second kappa shape index (κ2) is 6.10. The van der Waals surface area contributed by atoms with E-state index in [4.69, 9.17) is 0 Å². The molecule has 4 heteroatoms. The van der Waals surface area contributed by atoms with E-state index in [9.17, 15) is 0 Å². The highest BCUT2D eigenvalue weighted by molar-refractivity contribution is 5.52. The van der Waals surface area contributed by atoms with Crippen LogP contribution in [0.2, 0.25) is 0 Å². The first-order valence-corrected chi connectivity index (χ1v) is 7.89. The molecule has 110 valence electrons. The lowest BCUT2D eigenvalue weighted by Gasteiger charge is -2.41. The standard InChI is InChI=1S/C16H26N4/c1-3-15-12-20(9-8-19(15)2)16-6-7-17-10-13(16)11-18-14-4-5-14/h6-7,10,14-15,18H,3-5,8-9,11-12H2,1-2H3. The van der Waals surface area contributed by atoms with Crippen LogP contribution in [0.5, 0.6) is 0 Å². The maximum absolute atomic E-state index is 4.32. The molecular weight excluding hydrogens is 248 g/mol. The summed E-state index contributed by atoms with van der Waals surface area (Å²) in [5.41, 5.74) is 2.72. The summed E-state index contributed by atoms with van der Waals surface area (Å²) in [6, 6.07) is 3.60. The Morgan fingerprint density at radius 2 is 2.20 bits per heavy atom. The first-order chi connectivity index (χ1) is 9.78. The van der Waals surface area contributed by atoms with Gasteiger partial charge in [0.1, 0.15) is 0 Å². The average molecular weight is 274 g/mol. The Bertz CT molecular complexity index is 444. The Balaban J connectivity index is 1.71. The van der Waals surface area contributed by atoms with E-state index in [0.717, 1.165) is 32.2 Å². The smallest absolute Gasteiger partial charge is 0.0443 e. The molecule has 1 unspecified atom stereocenters. The van der Waals surface area contributed by atoms with Gasteiger partial charge in [-0.1, -0.05) is 6.92 Å². The first kappa shape index (κ1) is 13.8. The van der Waals surface area contributed by atoms with Crippen LogP contribution in [0.1, 0.15) is 31.7 Å². The van der Waals surface area contributed by atoms with E-state index in [2.05, 4.69) is 40.1 Å². The molecule has 1 saturated heterocycles. The summed E-state index contributed by atoms with van der Waals surface area (Å²) >= 11 is 0. The van der Waals surface area contributed by atoms with Crippen molar-refractivity contribution in [2.75, 3.05) is 31.6 Å². The number of aromatic nitrogens is 1. The Hall–Kier alpha value is -1.13. The summed E-state index contributed by atoms with van der Waals surface area (Å²) in [6.07, 6.45) is 7.84. The van der Waals surface area contributed by atoms with Crippen LogP contribution in [-0.4, -0.2) is 48.6 Å². The van der Waals surface area contributed by atoms with Gasteiger partial charge in [-0.3, -0.25) is 9.88 Å². The maximum Gasteiger partial charge on any atom is 0.0443 e. The average Bonchev–Trinajstić information content (AvgIpc) is 3.30. The van der Waals surface area contributed by atoms with E-state index in [1.165, 1.54) is 30.5 Å².